The quantitative estimate of drug-likeness (QED) is 0.763. The van der Waals surface area contributed by atoms with E-state index in [1.54, 1.807) is 0 Å². The molecule has 2 amide bonds. The third-order valence-corrected chi connectivity index (χ3v) is 5.58. The minimum absolute atomic E-state index is 0.0185. The molecular weight excluding hydrogens is 378 g/mol. The molecule has 1 fully saturated rings. The zero-order valence-corrected chi connectivity index (χ0v) is 18.1. The molecule has 0 aromatic heterocycles. The van der Waals surface area contributed by atoms with Crippen LogP contribution in [0.1, 0.15) is 23.1 Å². The van der Waals surface area contributed by atoms with Crippen molar-refractivity contribution in [2.45, 2.75) is 27.2 Å². The largest absolute Gasteiger partial charge is 0.493 e. The van der Waals surface area contributed by atoms with Gasteiger partial charge in [-0.3, -0.25) is 14.5 Å². The predicted octanol–water partition coefficient (Wildman–Crippen LogP) is 3.16. The van der Waals surface area contributed by atoms with Gasteiger partial charge in [-0.1, -0.05) is 29.8 Å². The summed E-state index contributed by atoms with van der Waals surface area (Å²) >= 11 is 0. The first-order chi connectivity index (χ1) is 14.4. The van der Waals surface area contributed by atoms with Gasteiger partial charge in [0.2, 0.25) is 11.8 Å². The number of carbonyl (C=O) groups is 2. The monoisotopic (exact) mass is 409 g/mol. The van der Waals surface area contributed by atoms with Crippen LogP contribution in [0.2, 0.25) is 0 Å². The van der Waals surface area contributed by atoms with E-state index in [2.05, 4.69) is 10.2 Å². The molecule has 1 N–H and O–H groups in total. The Bertz CT molecular complexity index is 872. The third-order valence-electron chi connectivity index (χ3n) is 5.58. The fourth-order valence-electron chi connectivity index (χ4n) is 3.48. The molecule has 30 heavy (non-hydrogen) atoms. The van der Waals surface area contributed by atoms with Crippen LogP contribution >= 0.6 is 0 Å². The Hall–Kier alpha value is -2.86. The van der Waals surface area contributed by atoms with E-state index in [0.29, 0.717) is 45.8 Å². The fraction of sp³-hybridized carbons (Fsp3) is 0.417. The highest BCUT2D eigenvalue weighted by Crippen LogP contribution is 2.18. The molecule has 0 unspecified atom stereocenters. The Balaban J connectivity index is 1.37. The van der Waals surface area contributed by atoms with Gasteiger partial charge in [-0.25, -0.2) is 0 Å². The summed E-state index contributed by atoms with van der Waals surface area (Å²) in [6.07, 6.45) is 0.362. The van der Waals surface area contributed by atoms with Crippen molar-refractivity contribution in [1.29, 1.82) is 0 Å². The predicted molar refractivity (Wildman–Crippen MR) is 119 cm³/mol. The van der Waals surface area contributed by atoms with Crippen LogP contribution < -0.4 is 10.1 Å². The second-order valence-electron chi connectivity index (χ2n) is 7.86. The Morgan fingerprint density at radius 3 is 2.37 bits per heavy atom. The minimum atomic E-state index is -0.0185. The fourth-order valence-corrected chi connectivity index (χ4v) is 3.48. The summed E-state index contributed by atoms with van der Waals surface area (Å²) in [5, 5.41) is 3.00. The maximum Gasteiger partial charge on any atom is 0.238 e. The van der Waals surface area contributed by atoms with E-state index in [9.17, 15) is 9.59 Å². The van der Waals surface area contributed by atoms with Crippen LogP contribution in [0.3, 0.4) is 0 Å². The lowest BCUT2D eigenvalue weighted by Crippen LogP contribution is -2.50. The van der Waals surface area contributed by atoms with E-state index in [0.717, 1.165) is 22.6 Å². The number of hydrogen-bond donors (Lipinski definition) is 1. The van der Waals surface area contributed by atoms with Gasteiger partial charge in [0.05, 0.1) is 19.6 Å². The van der Waals surface area contributed by atoms with Gasteiger partial charge in [0, 0.05) is 31.9 Å². The average molecular weight is 410 g/mol. The highest BCUT2D eigenvalue weighted by atomic mass is 16.5. The zero-order valence-electron chi connectivity index (χ0n) is 18.1. The van der Waals surface area contributed by atoms with Gasteiger partial charge < -0.3 is 15.0 Å². The van der Waals surface area contributed by atoms with Gasteiger partial charge in [0.1, 0.15) is 5.75 Å². The lowest BCUT2D eigenvalue weighted by molar-refractivity contribution is -0.133. The molecule has 0 radical (unpaired) electrons. The number of ether oxygens (including phenoxy) is 1. The average Bonchev–Trinajstić information content (AvgIpc) is 2.73. The number of aryl methyl sites for hydroxylation is 2. The standard InChI is InChI=1S/C24H31N3O3/c1-18-7-9-21(10-8-18)30-16-11-24(29)27-14-12-26(13-15-27)17-23(28)25-22-6-4-5-19(2)20(22)3/h4-10H,11-17H2,1-3H3,(H,25,28). The highest BCUT2D eigenvalue weighted by Gasteiger charge is 2.22. The van der Waals surface area contributed by atoms with Crippen LogP contribution in [0.25, 0.3) is 0 Å². The molecule has 3 rings (SSSR count). The van der Waals surface area contributed by atoms with Gasteiger partial charge in [0.15, 0.2) is 0 Å². The number of rotatable bonds is 7. The van der Waals surface area contributed by atoms with Crippen LogP contribution in [0.5, 0.6) is 5.75 Å². The van der Waals surface area contributed by atoms with Crippen molar-refractivity contribution in [3.8, 4) is 5.75 Å². The van der Waals surface area contributed by atoms with Crippen LogP contribution in [-0.4, -0.2) is 60.9 Å². The Morgan fingerprint density at radius 2 is 1.67 bits per heavy atom. The SMILES string of the molecule is Cc1ccc(OCCC(=O)N2CCN(CC(=O)Nc3cccc(C)c3C)CC2)cc1. The van der Waals surface area contributed by atoms with Gasteiger partial charge in [-0.05, 0) is 50.1 Å². The molecule has 160 valence electrons. The minimum Gasteiger partial charge on any atom is -0.493 e. The van der Waals surface area contributed by atoms with Crippen molar-refractivity contribution in [2.24, 2.45) is 0 Å². The highest BCUT2D eigenvalue weighted by molar-refractivity contribution is 5.93. The number of carbonyl (C=O) groups excluding carboxylic acids is 2. The summed E-state index contributed by atoms with van der Waals surface area (Å²) in [7, 11) is 0. The van der Waals surface area contributed by atoms with Crippen LogP contribution in [0.4, 0.5) is 5.69 Å². The second kappa shape index (κ2) is 10.3. The summed E-state index contributed by atoms with van der Waals surface area (Å²) in [4.78, 5) is 28.8. The Labute approximate surface area is 178 Å². The number of nitrogens with zero attached hydrogens (tertiary/aromatic N) is 2. The number of hydrogen-bond acceptors (Lipinski definition) is 4. The van der Waals surface area contributed by atoms with Crippen LogP contribution in [0.15, 0.2) is 42.5 Å². The number of nitrogens with one attached hydrogen (secondary N) is 1. The molecular formula is C24H31N3O3. The van der Waals surface area contributed by atoms with Crippen LogP contribution in [-0.2, 0) is 9.59 Å². The van der Waals surface area contributed by atoms with E-state index in [4.69, 9.17) is 4.74 Å². The van der Waals surface area contributed by atoms with E-state index < -0.39 is 0 Å². The van der Waals surface area contributed by atoms with Crippen molar-refractivity contribution < 1.29 is 14.3 Å². The molecule has 0 aliphatic carbocycles. The molecule has 1 saturated heterocycles. The molecule has 2 aromatic rings. The van der Waals surface area contributed by atoms with E-state index in [1.165, 1.54) is 5.56 Å². The van der Waals surface area contributed by atoms with E-state index >= 15 is 0 Å². The van der Waals surface area contributed by atoms with Crippen LogP contribution in [0, 0.1) is 20.8 Å². The lowest BCUT2D eigenvalue weighted by Gasteiger charge is -2.34. The van der Waals surface area contributed by atoms with Gasteiger partial charge >= 0.3 is 0 Å². The number of anilines is 1. The summed E-state index contributed by atoms with van der Waals surface area (Å²) in [6.45, 7) is 9.47. The summed E-state index contributed by atoms with van der Waals surface area (Å²) < 4.78 is 5.66. The molecule has 0 spiro atoms. The smallest absolute Gasteiger partial charge is 0.238 e. The molecule has 0 bridgehead atoms. The maximum absolute atomic E-state index is 12.4. The number of piperazine rings is 1. The third kappa shape index (κ3) is 6.07. The number of benzene rings is 2. The van der Waals surface area contributed by atoms with Gasteiger partial charge in [-0.2, -0.15) is 0 Å². The van der Waals surface area contributed by atoms with Crippen molar-refractivity contribution in [3.05, 3.63) is 59.2 Å². The first kappa shape index (κ1) is 21.8. The van der Waals surface area contributed by atoms with Crippen molar-refractivity contribution in [2.75, 3.05) is 44.6 Å². The molecule has 0 saturated carbocycles. The molecule has 6 heteroatoms. The van der Waals surface area contributed by atoms with Crippen molar-refractivity contribution >= 4 is 17.5 Å². The van der Waals surface area contributed by atoms with Crippen molar-refractivity contribution in [3.63, 3.8) is 0 Å². The van der Waals surface area contributed by atoms with Crippen molar-refractivity contribution in [1.82, 2.24) is 9.80 Å². The summed E-state index contributed by atoms with van der Waals surface area (Å²) in [6, 6.07) is 13.7. The topological polar surface area (TPSA) is 61.9 Å². The molecule has 1 heterocycles. The van der Waals surface area contributed by atoms with Gasteiger partial charge in [0.25, 0.3) is 0 Å². The Morgan fingerprint density at radius 1 is 0.967 bits per heavy atom. The second-order valence-corrected chi connectivity index (χ2v) is 7.86. The molecule has 2 aromatic carbocycles. The normalized spacial score (nSPS) is 14.4. The zero-order chi connectivity index (χ0) is 21.5. The molecule has 6 nitrogen and oxygen atoms in total. The van der Waals surface area contributed by atoms with E-state index in [1.807, 2.05) is 68.1 Å². The number of amides is 2. The lowest BCUT2D eigenvalue weighted by atomic mass is 10.1. The first-order valence-corrected chi connectivity index (χ1v) is 10.5. The first-order valence-electron chi connectivity index (χ1n) is 10.5. The maximum atomic E-state index is 12.4. The Kier molecular flexibility index (Phi) is 7.46. The van der Waals surface area contributed by atoms with E-state index in [-0.39, 0.29) is 11.8 Å². The summed E-state index contributed by atoms with van der Waals surface area (Å²) in [5.74, 6) is 0.865. The molecule has 0 atom stereocenters. The molecule has 1 aliphatic rings. The summed E-state index contributed by atoms with van der Waals surface area (Å²) in [5.41, 5.74) is 4.29. The molecule has 1 aliphatic heterocycles. The van der Waals surface area contributed by atoms with Gasteiger partial charge in [-0.15, -0.1) is 0 Å².